The zero-order valence-electron chi connectivity index (χ0n) is 5.59. The van der Waals surface area contributed by atoms with Gasteiger partial charge in [-0.3, -0.25) is 0 Å². The molecule has 0 saturated heterocycles. The van der Waals surface area contributed by atoms with Gasteiger partial charge in [-0.25, -0.2) is 0 Å². The third-order valence-corrected chi connectivity index (χ3v) is 4.74. The maximum Gasteiger partial charge on any atom is 0.0895 e. The van der Waals surface area contributed by atoms with Crippen LogP contribution < -0.4 is 0 Å². The van der Waals surface area contributed by atoms with E-state index in [1.165, 1.54) is 0 Å². The third-order valence-electron chi connectivity index (χ3n) is 1.38. The van der Waals surface area contributed by atoms with Crippen LogP contribution in [-0.2, 0) is 0 Å². The molecule has 0 saturated carbocycles. The van der Waals surface area contributed by atoms with Gasteiger partial charge in [0.2, 0.25) is 0 Å². The summed E-state index contributed by atoms with van der Waals surface area (Å²) in [5, 5.41) is 2.00. The maximum atomic E-state index is 5.91. The average Bonchev–Trinajstić information content (AvgIpc) is 2.17. The zero-order chi connectivity index (χ0) is 8.59. The van der Waals surface area contributed by atoms with E-state index in [0.29, 0.717) is 24.6 Å². The number of rotatable bonds is 1. The van der Waals surface area contributed by atoms with E-state index < -0.39 is 0 Å². The summed E-state index contributed by atoms with van der Waals surface area (Å²) >= 11 is 23.3. The molecule has 1 aliphatic rings. The lowest BCUT2D eigenvalue weighted by Gasteiger charge is -2.03. The largest absolute Gasteiger partial charge is 0.112 e. The normalized spacial score (nSPS) is 25.4. The topological polar surface area (TPSA) is 0 Å². The molecule has 0 aromatic heterocycles. The molecule has 0 fully saturated rings. The van der Waals surface area contributed by atoms with Crippen LogP contribution >= 0.6 is 46.4 Å². The zero-order valence-corrected chi connectivity index (χ0v) is 9.61. The molecular formula is C6H4Cl4Si. The Hall–Kier alpha value is 0.857. The van der Waals surface area contributed by atoms with E-state index in [4.69, 9.17) is 46.4 Å². The molecule has 0 spiro atoms. The molecule has 2 radical (unpaired) electrons. The van der Waals surface area contributed by atoms with Crippen molar-refractivity contribution in [2.75, 3.05) is 0 Å². The number of halogens is 4. The van der Waals surface area contributed by atoms with Gasteiger partial charge in [-0.15, -0.1) is 11.6 Å². The van der Waals surface area contributed by atoms with E-state index in [1.807, 2.05) is 6.55 Å². The molecule has 5 heteroatoms. The minimum Gasteiger partial charge on any atom is -0.112 e. The first kappa shape index (κ1) is 9.94. The average molecular weight is 246 g/mol. The van der Waals surface area contributed by atoms with Gasteiger partial charge in [0.1, 0.15) is 0 Å². The van der Waals surface area contributed by atoms with E-state index in [0.717, 1.165) is 5.20 Å². The SMILES string of the molecule is C[Si]C1=C(Cl)C(Cl)=C(Cl)C1Cl. The van der Waals surface area contributed by atoms with Crippen LogP contribution in [0.4, 0.5) is 0 Å². The van der Waals surface area contributed by atoms with Crippen molar-refractivity contribution in [1.82, 2.24) is 0 Å². The van der Waals surface area contributed by atoms with Gasteiger partial charge < -0.3 is 0 Å². The summed E-state index contributed by atoms with van der Waals surface area (Å²) < 4.78 is 0. The Balaban J connectivity index is 3.04. The Kier molecular flexibility index (Phi) is 3.35. The molecule has 0 nitrogen and oxygen atoms in total. The summed E-state index contributed by atoms with van der Waals surface area (Å²) in [6.07, 6.45) is 0. The van der Waals surface area contributed by atoms with Gasteiger partial charge in [0.15, 0.2) is 0 Å². The maximum absolute atomic E-state index is 5.91. The van der Waals surface area contributed by atoms with Gasteiger partial charge in [0.05, 0.1) is 30.0 Å². The first-order chi connectivity index (χ1) is 5.09. The first-order valence-corrected chi connectivity index (χ1v) is 5.93. The second-order valence-corrected chi connectivity index (χ2v) is 4.64. The molecule has 60 valence electrons. The van der Waals surface area contributed by atoms with Gasteiger partial charge in [0.25, 0.3) is 0 Å². The number of hydrogen-bond donors (Lipinski definition) is 0. The number of alkyl halides is 1. The van der Waals surface area contributed by atoms with Crippen molar-refractivity contribution < 1.29 is 0 Å². The molecule has 0 bridgehead atoms. The molecule has 0 aromatic rings. The fraction of sp³-hybridized carbons (Fsp3) is 0.333. The van der Waals surface area contributed by atoms with Crippen LogP contribution in [0.5, 0.6) is 0 Å². The van der Waals surface area contributed by atoms with E-state index in [-0.39, 0.29) is 5.38 Å². The Morgan fingerprint density at radius 3 is 1.91 bits per heavy atom. The van der Waals surface area contributed by atoms with Crippen LogP contribution in [0.3, 0.4) is 0 Å². The van der Waals surface area contributed by atoms with Crippen LogP contribution in [0.1, 0.15) is 0 Å². The molecule has 0 aromatic carbocycles. The molecule has 11 heavy (non-hydrogen) atoms. The predicted octanol–water partition coefficient (Wildman–Crippen LogP) is 3.50. The van der Waals surface area contributed by atoms with E-state index in [1.54, 1.807) is 0 Å². The van der Waals surface area contributed by atoms with Crippen molar-refractivity contribution >= 4 is 55.9 Å². The van der Waals surface area contributed by atoms with Crippen molar-refractivity contribution in [3.63, 3.8) is 0 Å². The predicted molar refractivity (Wildman–Crippen MR) is 52.9 cm³/mol. The van der Waals surface area contributed by atoms with Crippen LogP contribution in [-0.4, -0.2) is 14.9 Å². The summed E-state index contributed by atoms with van der Waals surface area (Å²) in [5.41, 5.74) is 0. The van der Waals surface area contributed by atoms with Gasteiger partial charge in [-0.2, -0.15) is 0 Å². The second-order valence-electron chi connectivity index (χ2n) is 2.00. The molecule has 0 amide bonds. The molecule has 1 unspecified atom stereocenters. The Labute approximate surface area is 88.0 Å². The fourth-order valence-electron chi connectivity index (χ4n) is 0.809. The molecular weight excluding hydrogens is 242 g/mol. The standard InChI is InChI=1S/C6H4Cl4Si/c1-11-6-4(9)2(7)3(8)5(6)10/h4H,1H3. The molecule has 1 rings (SSSR count). The van der Waals surface area contributed by atoms with Gasteiger partial charge in [-0.05, 0) is 5.20 Å². The van der Waals surface area contributed by atoms with E-state index >= 15 is 0 Å². The summed E-state index contributed by atoms with van der Waals surface area (Å²) in [6.45, 7) is 1.99. The molecule has 1 atom stereocenters. The number of hydrogen-bond acceptors (Lipinski definition) is 0. The summed E-state index contributed by atoms with van der Waals surface area (Å²) in [4.78, 5) is 0. The summed E-state index contributed by atoms with van der Waals surface area (Å²) in [6, 6.07) is 0. The Morgan fingerprint density at radius 2 is 1.73 bits per heavy atom. The van der Waals surface area contributed by atoms with Crippen molar-refractivity contribution in [3.05, 3.63) is 20.3 Å². The van der Waals surface area contributed by atoms with Crippen LogP contribution in [0.2, 0.25) is 6.55 Å². The Bertz CT molecular complexity index is 243. The minimum absolute atomic E-state index is 0.306. The highest BCUT2D eigenvalue weighted by Crippen LogP contribution is 2.41. The Morgan fingerprint density at radius 1 is 1.18 bits per heavy atom. The van der Waals surface area contributed by atoms with Crippen molar-refractivity contribution in [1.29, 1.82) is 0 Å². The smallest absolute Gasteiger partial charge is 0.0895 e. The highest BCUT2D eigenvalue weighted by atomic mass is 35.5. The van der Waals surface area contributed by atoms with E-state index in [9.17, 15) is 0 Å². The minimum atomic E-state index is -0.306. The monoisotopic (exact) mass is 244 g/mol. The van der Waals surface area contributed by atoms with Gasteiger partial charge in [-0.1, -0.05) is 41.3 Å². The van der Waals surface area contributed by atoms with Gasteiger partial charge in [0, 0.05) is 0 Å². The summed E-state index contributed by atoms with van der Waals surface area (Å²) in [5.74, 6) is 0. The van der Waals surface area contributed by atoms with E-state index in [2.05, 4.69) is 0 Å². The molecule has 0 N–H and O–H groups in total. The van der Waals surface area contributed by atoms with Crippen LogP contribution in [0.25, 0.3) is 0 Å². The quantitative estimate of drug-likeness (QED) is 0.490. The lowest BCUT2D eigenvalue weighted by Crippen LogP contribution is -2.04. The highest BCUT2D eigenvalue weighted by Gasteiger charge is 2.28. The molecule has 1 aliphatic carbocycles. The van der Waals surface area contributed by atoms with Crippen molar-refractivity contribution in [2.45, 2.75) is 11.9 Å². The first-order valence-electron chi connectivity index (χ1n) is 2.86. The third kappa shape index (κ3) is 1.63. The van der Waals surface area contributed by atoms with Gasteiger partial charge >= 0.3 is 0 Å². The molecule has 0 aliphatic heterocycles. The number of allylic oxidation sites excluding steroid dienone is 4. The fourth-order valence-corrected chi connectivity index (χ4v) is 3.34. The lowest BCUT2D eigenvalue weighted by molar-refractivity contribution is 1.36. The van der Waals surface area contributed by atoms with Crippen molar-refractivity contribution in [2.24, 2.45) is 0 Å². The second kappa shape index (κ2) is 3.71. The van der Waals surface area contributed by atoms with Crippen molar-refractivity contribution in [3.8, 4) is 0 Å². The molecule has 0 heterocycles. The van der Waals surface area contributed by atoms with Crippen LogP contribution in [0, 0.1) is 0 Å². The van der Waals surface area contributed by atoms with Crippen LogP contribution in [0.15, 0.2) is 20.3 Å². The highest BCUT2D eigenvalue weighted by molar-refractivity contribution is 6.60. The lowest BCUT2D eigenvalue weighted by atomic mass is 10.4. The summed E-state index contributed by atoms with van der Waals surface area (Å²) in [7, 11) is 0.549.